The van der Waals surface area contributed by atoms with Crippen LogP contribution in [-0.2, 0) is 9.53 Å². The van der Waals surface area contributed by atoms with E-state index in [1.807, 2.05) is 38.2 Å². The fraction of sp³-hybridized carbons (Fsp3) is 0.423. The van der Waals surface area contributed by atoms with Gasteiger partial charge in [0.05, 0.1) is 19.2 Å². The van der Waals surface area contributed by atoms with Crippen molar-refractivity contribution < 1.29 is 9.53 Å². The summed E-state index contributed by atoms with van der Waals surface area (Å²) in [7, 11) is 1.40. The molecule has 0 aliphatic heterocycles. The molecule has 0 saturated heterocycles. The molecule has 0 radical (unpaired) electrons. The highest BCUT2D eigenvalue weighted by Gasteiger charge is 2.21. The van der Waals surface area contributed by atoms with Crippen LogP contribution in [0.4, 0.5) is 0 Å². The van der Waals surface area contributed by atoms with E-state index in [9.17, 15) is 9.59 Å². The molecule has 2 aromatic heterocycles. The number of nitrogens with zero attached hydrogens (tertiary/aromatic N) is 2. The van der Waals surface area contributed by atoms with Gasteiger partial charge in [0.1, 0.15) is 0 Å². The zero-order valence-electron chi connectivity index (χ0n) is 20.1. The van der Waals surface area contributed by atoms with Gasteiger partial charge in [0, 0.05) is 42.1 Å². The number of ether oxygens (including phenoxy) is 1. The smallest absolute Gasteiger partial charge is 0.307 e. The molecule has 0 unspecified atom stereocenters. The van der Waals surface area contributed by atoms with Gasteiger partial charge in [0.25, 0.3) is 5.56 Å². The molecule has 1 aromatic carbocycles. The minimum atomic E-state index is -0.286. The van der Waals surface area contributed by atoms with Gasteiger partial charge in [-0.3, -0.25) is 14.7 Å². The summed E-state index contributed by atoms with van der Waals surface area (Å²) in [4.78, 5) is 24.7. The van der Waals surface area contributed by atoms with Gasteiger partial charge < -0.3 is 14.6 Å². The lowest BCUT2D eigenvalue weighted by atomic mass is 9.96. The molecule has 0 amide bonds. The number of hydrogen-bond donors (Lipinski definition) is 2. The van der Waals surface area contributed by atoms with Crippen LogP contribution in [0, 0.1) is 19.8 Å². The summed E-state index contributed by atoms with van der Waals surface area (Å²) in [5.74, 6) is 0.129. The maximum Gasteiger partial charge on any atom is 0.307 e. The van der Waals surface area contributed by atoms with Crippen molar-refractivity contribution >= 4 is 5.97 Å². The first-order chi connectivity index (χ1) is 15.8. The highest BCUT2D eigenvalue weighted by Crippen LogP contribution is 2.29. The van der Waals surface area contributed by atoms with Gasteiger partial charge in [-0.05, 0) is 49.4 Å². The molecular weight excluding hydrogens is 416 g/mol. The summed E-state index contributed by atoms with van der Waals surface area (Å²) in [6, 6.07) is 13.1. The minimum absolute atomic E-state index is 0.0256. The molecule has 0 fully saturated rings. The number of hydrogen-bond acceptors (Lipinski definition) is 5. The molecule has 2 N–H and O–H groups in total. The standard InChI is InChI=1S/C26H34N4O3/c1-17(2)13-22(30-12-7-6-11-24(30)31)16-27-23(15-25(32)33-5)20-9-8-10-21(14-20)26-18(3)28-29-19(26)4/h6-12,14,17,22-23,27H,13,15-16H2,1-5H3,(H,28,29)/t22-,23-/m0/s1. The first-order valence-electron chi connectivity index (χ1n) is 11.4. The fourth-order valence-electron chi connectivity index (χ4n) is 4.30. The summed E-state index contributed by atoms with van der Waals surface area (Å²) >= 11 is 0. The summed E-state index contributed by atoms with van der Waals surface area (Å²) in [5, 5.41) is 10.9. The van der Waals surface area contributed by atoms with Crippen LogP contribution in [0.5, 0.6) is 0 Å². The van der Waals surface area contributed by atoms with Gasteiger partial charge in [0.15, 0.2) is 0 Å². The average Bonchev–Trinajstić information content (AvgIpc) is 3.13. The summed E-state index contributed by atoms with van der Waals surface area (Å²) in [5.41, 5.74) is 5.02. The number of aromatic nitrogens is 3. The Morgan fingerprint density at radius 2 is 1.97 bits per heavy atom. The van der Waals surface area contributed by atoms with E-state index in [0.29, 0.717) is 12.5 Å². The van der Waals surface area contributed by atoms with Crippen molar-refractivity contribution in [3.05, 3.63) is 76.0 Å². The van der Waals surface area contributed by atoms with E-state index in [1.54, 1.807) is 16.7 Å². The summed E-state index contributed by atoms with van der Waals surface area (Å²) in [6.07, 6.45) is 2.87. The Morgan fingerprint density at radius 1 is 1.18 bits per heavy atom. The van der Waals surface area contributed by atoms with Crippen molar-refractivity contribution in [1.82, 2.24) is 20.1 Å². The van der Waals surface area contributed by atoms with Crippen LogP contribution in [0.25, 0.3) is 11.1 Å². The van der Waals surface area contributed by atoms with E-state index in [0.717, 1.165) is 34.5 Å². The van der Waals surface area contributed by atoms with Crippen LogP contribution < -0.4 is 10.9 Å². The number of rotatable bonds is 10. The number of aromatic amines is 1. The number of aryl methyl sites for hydroxylation is 2. The Kier molecular flexibility index (Phi) is 8.22. The quantitative estimate of drug-likeness (QED) is 0.449. The third kappa shape index (κ3) is 6.20. The molecular formula is C26H34N4O3. The molecule has 7 heteroatoms. The lowest BCUT2D eigenvalue weighted by Gasteiger charge is -2.26. The molecule has 176 valence electrons. The Bertz CT molecular complexity index is 1110. The number of carbonyl (C=O) groups is 1. The molecule has 0 saturated carbocycles. The van der Waals surface area contributed by atoms with Crippen molar-refractivity contribution in [3.63, 3.8) is 0 Å². The molecule has 3 rings (SSSR count). The van der Waals surface area contributed by atoms with Crippen LogP contribution in [0.3, 0.4) is 0 Å². The zero-order valence-corrected chi connectivity index (χ0v) is 20.1. The average molecular weight is 451 g/mol. The van der Waals surface area contributed by atoms with Gasteiger partial charge in [-0.1, -0.05) is 38.1 Å². The van der Waals surface area contributed by atoms with E-state index in [4.69, 9.17) is 4.74 Å². The van der Waals surface area contributed by atoms with Gasteiger partial charge in [0.2, 0.25) is 0 Å². The van der Waals surface area contributed by atoms with E-state index >= 15 is 0 Å². The van der Waals surface area contributed by atoms with Crippen LogP contribution >= 0.6 is 0 Å². The van der Waals surface area contributed by atoms with Crippen molar-refractivity contribution in [2.45, 2.75) is 52.6 Å². The zero-order chi connectivity index (χ0) is 24.0. The van der Waals surface area contributed by atoms with Crippen molar-refractivity contribution in [2.75, 3.05) is 13.7 Å². The van der Waals surface area contributed by atoms with E-state index in [-0.39, 0.29) is 30.0 Å². The second-order valence-corrected chi connectivity index (χ2v) is 8.91. The molecule has 0 bridgehead atoms. The number of nitrogens with one attached hydrogen (secondary N) is 2. The van der Waals surface area contributed by atoms with Crippen molar-refractivity contribution in [3.8, 4) is 11.1 Å². The Labute approximate surface area is 195 Å². The summed E-state index contributed by atoms with van der Waals surface area (Å²) < 4.78 is 6.74. The Balaban J connectivity index is 1.90. The lowest BCUT2D eigenvalue weighted by Crippen LogP contribution is -2.35. The predicted molar refractivity (Wildman–Crippen MR) is 130 cm³/mol. The van der Waals surface area contributed by atoms with Gasteiger partial charge in [-0.15, -0.1) is 0 Å². The van der Waals surface area contributed by atoms with Crippen molar-refractivity contribution in [2.24, 2.45) is 5.92 Å². The fourth-order valence-corrected chi connectivity index (χ4v) is 4.30. The second-order valence-electron chi connectivity index (χ2n) is 8.91. The highest BCUT2D eigenvalue weighted by atomic mass is 16.5. The number of esters is 1. The SMILES string of the molecule is COC(=O)C[C@H](NC[C@H](CC(C)C)n1ccccc1=O)c1cccc(-c2c(C)n[nH]c2C)c1. The number of carbonyl (C=O) groups excluding carboxylic acids is 1. The first-order valence-corrected chi connectivity index (χ1v) is 11.4. The van der Waals surface area contributed by atoms with Crippen LogP contribution in [-0.4, -0.2) is 34.4 Å². The van der Waals surface area contributed by atoms with Crippen LogP contribution in [0.15, 0.2) is 53.5 Å². The first kappa shape index (κ1) is 24.5. The maximum absolute atomic E-state index is 12.5. The molecule has 7 nitrogen and oxygen atoms in total. The molecule has 3 aromatic rings. The normalized spacial score (nSPS) is 13.2. The molecule has 33 heavy (non-hydrogen) atoms. The largest absolute Gasteiger partial charge is 0.469 e. The minimum Gasteiger partial charge on any atom is -0.469 e. The number of H-pyrrole nitrogens is 1. The summed E-state index contributed by atoms with van der Waals surface area (Å²) in [6.45, 7) is 8.82. The van der Waals surface area contributed by atoms with E-state index in [1.165, 1.54) is 7.11 Å². The van der Waals surface area contributed by atoms with Gasteiger partial charge >= 0.3 is 5.97 Å². The maximum atomic E-state index is 12.5. The monoisotopic (exact) mass is 450 g/mol. The van der Waals surface area contributed by atoms with Gasteiger partial charge in [-0.25, -0.2) is 0 Å². The Hall–Kier alpha value is -3.19. The molecule has 0 aliphatic carbocycles. The molecule has 0 aliphatic rings. The van der Waals surface area contributed by atoms with E-state index < -0.39 is 0 Å². The van der Waals surface area contributed by atoms with Crippen LogP contribution in [0.2, 0.25) is 0 Å². The molecule has 2 atom stereocenters. The number of methoxy groups -OCH3 is 1. The third-order valence-electron chi connectivity index (χ3n) is 5.89. The highest BCUT2D eigenvalue weighted by molar-refractivity contribution is 5.71. The van der Waals surface area contributed by atoms with E-state index in [2.05, 4.69) is 41.5 Å². The lowest BCUT2D eigenvalue weighted by molar-refractivity contribution is -0.141. The van der Waals surface area contributed by atoms with Crippen molar-refractivity contribution in [1.29, 1.82) is 0 Å². The number of pyridine rings is 1. The molecule has 2 heterocycles. The second kappa shape index (κ2) is 11.1. The predicted octanol–water partition coefficient (Wildman–Crippen LogP) is 4.34. The third-order valence-corrected chi connectivity index (χ3v) is 5.89. The molecule has 0 spiro atoms. The topological polar surface area (TPSA) is 89.0 Å². The number of benzene rings is 1. The Morgan fingerprint density at radius 3 is 2.61 bits per heavy atom. The van der Waals surface area contributed by atoms with Crippen LogP contribution in [0.1, 0.15) is 55.7 Å². The van der Waals surface area contributed by atoms with Gasteiger partial charge in [-0.2, -0.15) is 5.10 Å².